The van der Waals surface area contributed by atoms with Gasteiger partial charge in [-0.1, -0.05) is 35.9 Å². The van der Waals surface area contributed by atoms with Gasteiger partial charge in [0.2, 0.25) is 0 Å². The van der Waals surface area contributed by atoms with Crippen LogP contribution in [0.1, 0.15) is 15.9 Å². The number of hydrogen-bond donors (Lipinski definition) is 0. The number of halogens is 1. The van der Waals surface area contributed by atoms with E-state index in [1.54, 1.807) is 6.07 Å². The van der Waals surface area contributed by atoms with Crippen LogP contribution < -0.4 is 0 Å². The molecule has 0 N–H and O–H groups in total. The Kier molecular flexibility index (Phi) is 2.18. The van der Waals surface area contributed by atoms with Crippen molar-refractivity contribution in [2.75, 3.05) is 0 Å². The van der Waals surface area contributed by atoms with Crippen molar-refractivity contribution < 1.29 is 9.21 Å². The summed E-state index contributed by atoms with van der Waals surface area (Å²) in [4.78, 5) is 12.6. The molecule has 0 bridgehead atoms. The van der Waals surface area contributed by atoms with Crippen molar-refractivity contribution in [3.63, 3.8) is 0 Å². The van der Waals surface area contributed by atoms with Gasteiger partial charge in [0, 0.05) is 32.5 Å². The molecule has 0 amide bonds. The van der Waals surface area contributed by atoms with Gasteiger partial charge in [0.25, 0.3) is 0 Å². The molecule has 22 heavy (non-hydrogen) atoms. The molecule has 0 fully saturated rings. The summed E-state index contributed by atoms with van der Waals surface area (Å²) in [6, 6.07) is 17.2. The van der Waals surface area contributed by atoms with Gasteiger partial charge in [-0.2, -0.15) is 0 Å². The summed E-state index contributed by atoms with van der Waals surface area (Å²) in [5.74, 6) is 0.00913. The summed E-state index contributed by atoms with van der Waals surface area (Å²) in [6.07, 6.45) is 0. The van der Waals surface area contributed by atoms with Crippen molar-refractivity contribution in [2.45, 2.75) is 0 Å². The fraction of sp³-hybridized carbons (Fsp3) is 0. The van der Waals surface area contributed by atoms with Crippen LogP contribution in [-0.4, -0.2) is 5.78 Å². The van der Waals surface area contributed by atoms with Crippen molar-refractivity contribution >= 4 is 39.3 Å². The molecular weight excluding hydrogens is 296 g/mol. The molecule has 0 saturated heterocycles. The molecule has 5 rings (SSSR count). The van der Waals surface area contributed by atoms with Crippen molar-refractivity contribution in [3.8, 4) is 11.1 Å². The van der Waals surface area contributed by atoms with Gasteiger partial charge in [0.1, 0.15) is 11.2 Å². The molecule has 1 aliphatic carbocycles. The number of carbonyl (C=O) groups is 1. The third-order valence-electron chi connectivity index (χ3n) is 4.29. The standard InChI is InChI=1S/C19H9ClO2/c20-10-5-6-12-15(9-10)18(21)14-8-7-13-11-3-1-2-4-16(11)22-19(13)17(12)14/h1-9H. The first-order chi connectivity index (χ1) is 10.7. The molecule has 1 aromatic heterocycles. The average molecular weight is 305 g/mol. The number of carbonyl (C=O) groups excluding carboxylic acids is 1. The lowest BCUT2D eigenvalue weighted by Gasteiger charge is -2.01. The number of para-hydroxylation sites is 1. The third-order valence-corrected chi connectivity index (χ3v) is 4.52. The molecule has 4 aromatic rings. The molecule has 0 aliphatic heterocycles. The minimum atomic E-state index is 0.00913. The first kappa shape index (κ1) is 12.0. The van der Waals surface area contributed by atoms with E-state index in [1.165, 1.54) is 0 Å². The van der Waals surface area contributed by atoms with E-state index in [0.717, 1.165) is 33.1 Å². The fourth-order valence-corrected chi connectivity index (χ4v) is 3.49. The maximum absolute atomic E-state index is 12.6. The van der Waals surface area contributed by atoms with Gasteiger partial charge in [-0.25, -0.2) is 0 Å². The number of hydrogen-bond acceptors (Lipinski definition) is 2. The molecule has 0 unspecified atom stereocenters. The summed E-state index contributed by atoms with van der Waals surface area (Å²) in [5.41, 5.74) is 4.72. The number of furan rings is 1. The van der Waals surface area contributed by atoms with E-state index in [-0.39, 0.29) is 5.78 Å². The molecule has 0 atom stereocenters. The highest BCUT2D eigenvalue weighted by atomic mass is 35.5. The summed E-state index contributed by atoms with van der Waals surface area (Å²) in [6.45, 7) is 0. The highest BCUT2D eigenvalue weighted by Crippen LogP contribution is 2.44. The second-order valence-electron chi connectivity index (χ2n) is 5.48. The van der Waals surface area contributed by atoms with Gasteiger partial charge in [-0.15, -0.1) is 0 Å². The zero-order chi connectivity index (χ0) is 14.8. The zero-order valence-electron chi connectivity index (χ0n) is 11.4. The smallest absolute Gasteiger partial charge is 0.194 e. The lowest BCUT2D eigenvalue weighted by Crippen LogP contribution is -1.94. The van der Waals surface area contributed by atoms with Gasteiger partial charge < -0.3 is 4.42 Å². The summed E-state index contributed by atoms with van der Waals surface area (Å²) < 4.78 is 6.05. The Bertz CT molecular complexity index is 1110. The number of rotatable bonds is 0. The van der Waals surface area contributed by atoms with E-state index in [0.29, 0.717) is 16.1 Å². The van der Waals surface area contributed by atoms with E-state index in [1.807, 2.05) is 48.5 Å². The lowest BCUT2D eigenvalue weighted by atomic mass is 10.0. The van der Waals surface area contributed by atoms with Crippen molar-refractivity contribution in [1.29, 1.82) is 0 Å². The summed E-state index contributed by atoms with van der Waals surface area (Å²) >= 11 is 6.04. The first-order valence-electron chi connectivity index (χ1n) is 7.03. The number of fused-ring (bicyclic) bond motifs is 7. The maximum Gasteiger partial charge on any atom is 0.194 e. The van der Waals surface area contributed by atoms with E-state index in [9.17, 15) is 4.79 Å². The third kappa shape index (κ3) is 1.38. The Morgan fingerprint density at radius 3 is 2.55 bits per heavy atom. The van der Waals surface area contributed by atoms with Crippen molar-refractivity contribution in [3.05, 3.63) is 70.7 Å². The van der Waals surface area contributed by atoms with Gasteiger partial charge in [0.05, 0.1) is 0 Å². The Labute approximate surface area is 130 Å². The van der Waals surface area contributed by atoms with Crippen LogP contribution in [-0.2, 0) is 0 Å². The molecule has 1 aliphatic rings. The van der Waals surface area contributed by atoms with E-state index in [4.69, 9.17) is 16.0 Å². The Morgan fingerprint density at radius 1 is 0.818 bits per heavy atom. The minimum Gasteiger partial charge on any atom is -0.455 e. The number of ketones is 1. The molecule has 1 heterocycles. The summed E-state index contributed by atoms with van der Waals surface area (Å²) in [5, 5.41) is 2.67. The minimum absolute atomic E-state index is 0.00913. The largest absolute Gasteiger partial charge is 0.455 e. The molecule has 3 aromatic carbocycles. The predicted molar refractivity (Wildman–Crippen MR) is 87.6 cm³/mol. The maximum atomic E-state index is 12.6. The SMILES string of the molecule is O=C1c2cc(Cl)ccc2-c2c1ccc1c2oc2ccccc21. The lowest BCUT2D eigenvalue weighted by molar-refractivity contribution is 0.104. The monoisotopic (exact) mass is 304 g/mol. The molecule has 2 nitrogen and oxygen atoms in total. The number of benzene rings is 3. The van der Waals surface area contributed by atoms with Crippen LogP contribution >= 0.6 is 11.6 Å². The molecule has 104 valence electrons. The van der Waals surface area contributed by atoms with E-state index in [2.05, 4.69) is 0 Å². The highest BCUT2D eigenvalue weighted by Gasteiger charge is 2.30. The normalized spacial score (nSPS) is 12.9. The quantitative estimate of drug-likeness (QED) is 0.381. The zero-order valence-corrected chi connectivity index (χ0v) is 12.1. The van der Waals surface area contributed by atoms with Crippen LogP contribution in [0.25, 0.3) is 33.1 Å². The Hall–Kier alpha value is -2.58. The van der Waals surface area contributed by atoms with Gasteiger partial charge in [-0.3, -0.25) is 4.79 Å². The van der Waals surface area contributed by atoms with E-state index >= 15 is 0 Å². The van der Waals surface area contributed by atoms with E-state index < -0.39 is 0 Å². The Balaban J connectivity index is 1.99. The fourth-order valence-electron chi connectivity index (χ4n) is 3.31. The Morgan fingerprint density at radius 2 is 1.64 bits per heavy atom. The molecular formula is C19H9ClO2. The topological polar surface area (TPSA) is 30.2 Å². The summed E-state index contributed by atoms with van der Waals surface area (Å²) in [7, 11) is 0. The highest BCUT2D eigenvalue weighted by molar-refractivity contribution is 6.33. The molecule has 3 heteroatoms. The predicted octanol–water partition coefficient (Wildman–Crippen LogP) is 5.45. The van der Waals surface area contributed by atoms with Crippen LogP contribution in [0, 0.1) is 0 Å². The molecule has 0 saturated carbocycles. The second-order valence-corrected chi connectivity index (χ2v) is 5.92. The average Bonchev–Trinajstić information content (AvgIpc) is 3.04. The van der Waals surface area contributed by atoms with Crippen LogP contribution in [0.5, 0.6) is 0 Å². The van der Waals surface area contributed by atoms with Crippen molar-refractivity contribution in [2.24, 2.45) is 0 Å². The second kappa shape index (κ2) is 3.99. The van der Waals surface area contributed by atoms with Gasteiger partial charge in [-0.05, 0) is 35.9 Å². The van der Waals surface area contributed by atoms with Crippen LogP contribution in [0.2, 0.25) is 5.02 Å². The van der Waals surface area contributed by atoms with Crippen LogP contribution in [0.3, 0.4) is 0 Å². The van der Waals surface area contributed by atoms with Crippen molar-refractivity contribution in [1.82, 2.24) is 0 Å². The van der Waals surface area contributed by atoms with Gasteiger partial charge >= 0.3 is 0 Å². The van der Waals surface area contributed by atoms with Gasteiger partial charge in [0.15, 0.2) is 5.78 Å². The molecule has 0 radical (unpaired) electrons. The molecule has 0 spiro atoms. The first-order valence-corrected chi connectivity index (χ1v) is 7.41. The van der Waals surface area contributed by atoms with Crippen LogP contribution in [0.4, 0.5) is 0 Å². The van der Waals surface area contributed by atoms with Crippen LogP contribution in [0.15, 0.2) is 59.0 Å².